The summed E-state index contributed by atoms with van der Waals surface area (Å²) in [6.07, 6.45) is 3.29. The molecule has 20 heavy (non-hydrogen) atoms. The molecule has 1 aliphatic heterocycles. The molecule has 1 atom stereocenters. The molecule has 1 aromatic carbocycles. The van der Waals surface area contributed by atoms with E-state index in [4.69, 9.17) is 4.42 Å². The number of hydrogen-bond donors (Lipinski definition) is 0. The molecular weight excluding hydrogens is 274 g/mol. The summed E-state index contributed by atoms with van der Waals surface area (Å²) in [6.45, 7) is 0.570. The number of benzene rings is 1. The van der Waals surface area contributed by atoms with Crippen molar-refractivity contribution in [2.45, 2.75) is 24.6 Å². The molecular formula is C15H17NO3S. The Morgan fingerprint density at radius 3 is 2.65 bits per heavy atom. The Morgan fingerprint density at radius 1 is 1.15 bits per heavy atom. The van der Waals surface area contributed by atoms with Crippen molar-refractivity contribution in [2.24, 2.45) is 0 Å². The van der Waals surface area contributed by atoms with Crippen molar-refractivity contribution >= 4 is 10.0 Å². The molecule has 2 heterocycles. The summed E-state index contributed by atoms with van der Waals surface area (Å²) < 4.78 is 32.2. The number of rotatable bonds is 4. The molecule has 2 aromatic rings. The number of furan rings is 1. The maximum Gasteiger partial charge on any atom is 0.218 e. The summed E-state index contributed by atoms with van der Waals surface area (Å²) in [5.41, 5.74) is 0.817. The van der Waals surface area contributed by atoms with Crippen molar-refractivity contribution in [3.05, 3.63) is 60.1 Å². The Bertz CT molecular complexity index is 650. The van der Waals surface area contributed by atoms with Crippen LogP contribution in [0.5, 0.6) is 0 Å². The van der Waals surface area contributed by atoms with Crippen LogP contribution in [0.15, 0.2) is 53.1 Å². The molecule has 0 radical (unpaired) electrons. The van der Waals surface area contributed by atoms with E-state index in [1.165, 1.54) is 0 Å². The highest BCUT2D eigenvalue weighted by atomic mass is 32.2. The molecule has 1 fully saturated rings. The van der Waals surface area contributed by atoms with Gasteiger partial charge in [0, 0.05) is 6.54 Å². The Morgan fingerprint density at radius 2 is 1.95 bits per heavy atom. The number of nitrogens with zero attached hydrogens (tertiary/aromatic N) is 1. The predicted molar refractivity (Wildman–Crippen MR) is 76.5 cm³/mol. The number of sulfonamides is 1. The molecule has 4 nitrogen and oxygen atoms in total. The molecule has 0 bridgehead atoms. The maximum atomic E-state index is 12.6. The van der Waals surface area contributed by atoms with Gasteiger partial charge in [-0.2, -0.15) is 4.31 Å². The molecule has 0 aliphatic carbocycles. The summed E-state index contributed by atoms with van der Waals surface area (Å²) in [4.78, 5) is 0. The van der Waals surface area contributed by atoms with Crippen LogP contribution in [0.2, 0.25) is 0 Å². The van der Waals surface area contributed by atoms with E-state index < -0.39 is 10.0 Å². The maximum absolute atomic E-state index is 12.6. The van der Waals surface area contributed by atoms with Gasteiger partial charge in [0.2, 0.25) is 10.0 Å². The van der Waals surface area contributed by atoms with E-state index in [0.717, 1.165) is 24.2 Å². The highest BCUT2D eigenvalue weighted by Gasteiger charge is 2.36. The van der Waals surface area contributed by atoms with Gasteiger partial charge in [0.1, 0.15) is 5.76 Å². The van der Waals surface area contributed by atoms with Crippen LogP contribution in [-0.4, -0.2) is 19.3 Å². The monoisotopic (exact) mass is 291 g/mol. The molecule has 106 valence electrons. The van der Waals surface area contributed by atoms with Crippen molar-refractivity contribution in [3.8, 4) is 0 Å². The fourth-order valence-electron chi connectivity index (χ4n) is 2.71. The SMILES string of the molecule is O=S(=O)(Cc1ccccc1)N1CCCC1c1ccco1. The van der Waals surface area contributed by atoms with Crippen LogP contribution in [-0.2, 0) is 15.8 Å². The van der Waals surface area contributed by atoms with Crippen LogP contribution in [0.4, 0.5) is 0 Å². The Hall–Kier alpha value is -1.59. The first-order valence-corrected chi connectivity index (χ1v) is 8.34. The summed E-state index contributed by atoms with van der Waals surface area (Å²) in [5, 5.41) is 0. The zero-order chi connectivity index (χ0) is 14.0. The van der Waals surface area contributed by atoms with Crippen LogP contribution in [0.3, 0.4) is 0 Å². The Labute approximate surface area is 119 Å². The van der Waals surface area contributed by atoms with Gasteiger partial charge in [-0.25, -0.2) is 8.42 Å². The van der Waals surface area contributed by atoms with Gasteiger partial charge >= 0.3 is 0 Å². The zero-order valence-corrected chi connectivity index (χ0v) is 11.9. The molecule has 5 heteroatoms. The summed E-state index contributed by atoms with van der Waals surface area (Å²) in [6, 6.07) is 12.8. The Balaban J connectivity index is 1.83. The summed E-state index contributed by atoms with van der Waals surface area (Å²) in [5.74, 6) is 0.782. The van der Waals surface area contributed by atoms with E-state index in [1.807, 2.05) is 36.4 Å². The second kappa shape index (κ2) is 5.42. The lowest BCUT2D eigenvalue weighted by Gasteiger charge is -2.22. The predicted octanol–water partition coefficient (Wildman–Crippen LogP) is 2.95. The molecule has 0 spiro atoms. The van der Waals surface area contributed by atoms with Gasteiger partial charge < -0.3 is 4.42 Å². The minimum absolute atomic E-state index is 0.0467. The molecule has 0 amide bonds. The van der Waals surface area contributed by atoms with Gasteiger partial charge in [-0.05, 0) is 30.5 Å². The highest BCUT2D eigenvalue weighted by molar-refractivity contribution is 7.88. The molecule has 0 N–H and O–H groups in total. The lowest BCUT2D eigenvalue weighted by molar-refractivity contribution is 0.339. The molecule has 0 saturated carbocycles. The largest absolute Gasteiger partial charge is 0.468 e. The van der Waals surface area contributed by atoms with Gasteiger partial charge in [-0.15, -0.1) is 0 Å². The van der Waals surface area contributed by atoms with Gasteiger partial charge in [0.15, 0.2) is 0 Å². The summed E-state index contributed by atoms with van der Waals surface area (Å²) in [7, 11) is -3.31. The number of hydrogen-bond acceptors (Lipinski definition) is 3. The standard InChI is InChI=1S/C15H17NO3S/c17-20(18,12-13-6-2-1-3-7-13)16-10-4-8-14(16)15-9-5-11-19-15/h1-3,5-7,9,11,14H,4,8,10,12H2. The quantitative estimate of drug-likeness (QED) is 0.870. The molecule has 1 unspecified atom stereocenters. The van der Waals surface area contributed by atoms with Crippen LogP contribution in [0.25, 0.3) is 0 Å². The van der Waals surface area contributed by atoms with E-state index in [1.54, 1.807) is 16.6 Å². The molecule has 1 aliphatic rings. The van der Waals surface area contributed by atoms with E-state index in [2.05, 4.69) is 0 Å². The van der Waals surface area contributed by atoms with Crippen LogP contribution in [0, 0.1) is 0 Å². The normalized spacial score (nSPS) is 20.3. The highest BCUT2D eigenvalue weighted by Crippen LogP contribution is 2.35. The lowest BCUT2D eigenvalue weighted by Crippen LogP contribution is -2.31. The van der Waals surface area contributed by atoms with Gasteiger partial charge in [-0.1, -0.05) is 30.3 Å². The average molecular weight is 291 g/mol. The van der Waals surface area contributed by atoms with Gasteiger partial charge in [0.25, 0.3) is 0 Å². The smallest absolute Gasteiger partial charge is 0.218 e. The first-order chi connectivity index (χ1) is 9.67. The topological polar surface area (TPSA) is 50.5 Å². The van der Waals surface area contributed by atoms with Crippen LogP contribution >= 0.6 is 0 Å². The molecule has 1 saturated heterocycles. The fourth-order valence-corrected chi connectivity index (χ4v) is 4.49. The van der Waals surface area contributed by atoms with Gasteiger partial charge in [0.05, 0.1) is 18.1 Å². The van der Waals surface area contributed by atoms with Crippen molar-refractivity contribution in [1.82, 2.24) is 4.31 Å². The second-order valence-electron chi connectivity index (χ2n) is 5.03. The molecule has 1 aromatic heterocycles. The fraction of sp³-hybridized carbons (Fsp3) is 0.333. The third-order valence-corrected chi connectivity index (χ3v) is 5.47. The third kappa shape index (κ3) is 2.64. The minimum atomic E-state index is -3.31. The summed E-state index contributed by atoms with van der Waals surface area (Å²) >= 11 is 0. The van der Waals surface area contributed by atoms with Crippen molar-refractivity contribution in [1.29, 1.82) is 0 Å². The Kier molecular flexibility index (Phi) is 3.63. The van der Waals surface area contributed by atoms with E-state index >= 15 is 0 Å². The first kappa shape index (κ1) is 13.4. The molecule has 3 rings (SSSR count). The zero-order valence-electron chi connectivity index (χ0n) is 11.1. The average Bonchev–Trinajstić information content (AvgIpc) is 3.10. The minimum Gasteiger partial charge on any atom is -0.468 e. The van der Waals surface area contributed by atoms with E-state index in [-0.39, 0.29) is 11.8 Å². The van der Waals surface area contributed by atoms with Crippen molar-refractivity contribution in [2.75, 3.05) is 6.54 Å². The van der Waals surface area contributed by atoms with Crippen molar-refractivity contribution in [3.63, 3.8) is 0 Å². The van der Waals surface area contributed by atoms with E-state index in [9.17, 15) is 8.42 Å². The van der Waals surface area contributed by atoms with E-state index in [0.29, 0.717) is 6.54 Å². The van der Waals surface area contributed by atoms with Gasteiger partial charge in [-0.3, -0.25) is 0 Å². The second-order valence-corrected chi connectivity index (χ2v) is 6.95. The first-order valence-electron chi connectivity index (χ1n) is 6.74. The van der Waals surface area contributed by atoms with Crippen LogP contribution < -0.4 is 0 Å². The van der Waals surface area contributed by atoms with Crippen LogP contribution in [0.1, 0.15) is 30.2 Å². The van der Waals surface area contributed by atoms with Crippen molar-refractivity contribution < 1.29 is 12.8 Å². The third-order valence-electron chi connectivity index (χ3n) is 3.62. The lowest BCUT2D eigenvalue weighted by atomic mass is 10.2.